The highest BCUT2D eigenvalue weighted by atomic mass is 16.5. The van der Waals surface area contributed by atoms with Gasteiger partial charge in [0, 0.05) is 17.1 Å². The van der Waals surface area contributed by atoms with E-state index in [0.717, 1.165) is 22.2 Å². The van der Waals surface area contributed by atoms with Crippen LogP contribution in [0.15, 0.2) is 35.0 Å². The Labute approximate surface area is 115 Å². The molecule has 0 aliphatic rings. The van der Waals surface area contributed by atoms with Gasteiger partial charge in [0.1, 0.15) is 12.4 Å². The molecule has 5 nitrogen and oxygen atoms in total. The SMILES string of the molecule is Cc1noc(C)c1COC(=O)c1c[nH]c2ccccc12. The van der Waals surface area contributed by atoms with Gasteiger partial charge in [-0.15, -0.1) is 0 Å². The number of para-hydroxylation sites is 1. The molecule has 2 heterocycles. The molecule has 0 amide bonds. The molecule has 0 radical (unpaired) electrons. The molecule has 0 aliphatic carbocycles. The Morgan fingerprint density at radius 1 is 1.35 bits per heavy atom. The van der Waals surface area contributed by atoms with Crippen molar-refractivity contribution in [3.8, 4) is 0 Å². The van der Waals surface area contributed by atoms with Crippen molar-refractivity contribution >= 4 is 16.9 Å². The van der Waals surface area contributed by atoms with Crippen LogP contribution in [0.3, 0.4) is 0 Å². The van der Waals surface area contributed by atoms with Crippen molar-refractivity contribution < 1.29 is 14.1 Å². The Kier molecular flexibility index (Phi) is 3.02. The molecule has 0 spiro atoms. The summed E-state index contributed by atoms with van der Waals surface area (Å²) >= 11 is 0. The van der Waals surface area contributed by atoms with Gasteiger partial charge in [-0.3, -0.25) is 0 Å². The molecular weight excluding hydrogens is 256 g/mol. The molecule has 2 aromatic heterocycles. The van der Waals surface area contributed by atoms with E-state index in [-0.39, 0.29) is 12.6 Å². The van der Waals surface area contributed by atoms with Gasteiger partial charge in [0.15, 0.2) is 0 Å². The minimum absolute atomic E-state index is 0.166. The molecule has 0 saturated carbocycles. The third-order valence-electron chi connectivity index (χ3n) is 3.34. The number of aromatic nitrogens is 2. The maximum absolute atomic E-state index is 12.1. The van der Waals surface area contributed by atoms with Crippen LogP contribution >= 0.6 is 0 Å². The zero-order chi connectivity index (χ0) is 14.1. The molecule has 102 valence electrons. The molecule has 5 heteroatoms. The van der Waals surface area contributed by atoms with E-state index in [1.807, 2.05) is 31.2 Å². The predicted molar refractivity (Wildman–Crippen MR) is 73.4 cm³/mol. The zero-order valence-corrected chi connectivity index (χ0v) is 11.3. The van der Waals surface area contributed by atoms with Crippen molar-refractivity contribution in [3.63, 3.8) is 0 Å². The predicted octanol–water partition coefficient (Wildman–Crippen LogP) is 3.13. The van der Waals surface area contributed by atoms with E-state index in [1.165, 1.54) is 0 Å². The number of nitrogens with zero attached hydrogens (tertiary/aromatic N) is 1. The summed E-state index contributed by atoms with van der Waals surface area (Å²) in [6.07, 6.45) is 1.67. The quantitative estimate of drug-likeness (QED) is 0.742. The molecule has 0 atom stereocenters. The van der Waals surface area contributed by atoms with E-state index >= 15 is 0 Å². The largest absolute Gasteiger partial charge is 0.457 e. The smallest absolute Gasteiger partial charge is 0.340 e. The number of H-pyrrole nitrogens is 1. The molecule has 0 bridgehead atoms. The number of aromatic amines is 1. The first kappa shape index (κ1) is 12.5. The normalized spacial score (nSPS) is 10.9. The molecule has 0 unspecified atom stereocenters. The number of hydrogen-bond acceptors (Lipinski definition) is 4. The first-order valence-electron chi connectivity index (χ1n) is 6.32. The summed E-state index contributed by atoms with van der Waals surface area (Å²) in [5, 5.41) is 4.69. The van der Waals surface area contributed by atoms with Gasteiger partial charge in [-0.1, -0.05) is 23.4 Å². The van der Waals surface area contributed by atoms with Crippen LogP contribution in [0.1, 0.15) is 27.4 Å². The number of aryl methyl sites for hydroxylation is 2. The van der Waals surface area contributed by atoms with Gasteiger partial charge in [0.2, 0.25) is 0 Å². The van der Waals surface area contributed by atoms with E-state index in [9.17, 15) is 4.79 Å². The standard InChI is InChI=1S/C15H14N2O3/c1-9-13(10(2)20-17-9)8-19-15(18)12-7-16-14-6-4-3-5-11(12)14/h3-7,16H,8H2,1-2H3. The Balaban J connectivity index is 1.80. The average molecular weight is 270 g/mol. The van der Waals surface area contributed by atoms with Crippen molar-refractivity contribution in [2.75, 3.05) is 0 Å². The lowest BCUT2D eigenvalue weighted by Crippen LogP contribution is -2.05. The lowest BCUT2D eigenvalue weighted by atomic mass is 10.2. The van der Waals surface area contributed by atoms with E-state index in [0.29, 0.717) is 11.3 Å². The number of nitrogens with one attached hydrogen (secondary N) is 1. The van der Waals surface area contributed by atoms with E-state index in [4.69, 9.17) is 9.26 Å². The fourth-order valence-corrected chi connectivity index (χ4v) is 2.16. The van der Waals surface area contributed by atoms with E-state index in [1.54, 1.807) is 13.1 Å². The van der Waals surface area contributed by atoms with Crippen molar-refractivity contribution in [2.45, 2.75) is 20.5 Å². The topological polar surface area (TPSA) is 68.1 Å². The molecule has 3 rings (SSSR count). The Bertz CT molecular complexity index is 751. The Morgan fingerprint density at radius 3 is 2.90 bits per heavy atom. The number of ether oxygens (including phenoxy) is 1. The van der Waals surface area contributed by atoms with Crippen molar-refractivity contribution in [3.05, 3.63) is 53.0 Å². The summed E-state index contributed by atoms with van der Waals surface area (Å²) in [4.78, 5) is 15.2. The fourth-order valence-electron chi connectivity index (χ4n) is 2.16. The van der Waals surface area contributed by atoms with Gasteiger partial charge in [0.25, 0.3) is 0 Å². The summed E-state index contributed by atoms with van der Waals surface area (Å²) in [6.45, 7) is 3.79. The van der Waals surface area contributed by atoms with E-state index < -0.39 is 0 Å². The fraction of sp³-hybridized carbons (Fsp3) is 0.200. The minimum Gasteiger partial charge on any atom is -0.457 e. The van der Waals surface area contributed by atoms with E-state index in [2.05, 4.69) is 10.1 Å². The number of esters is 1. The van der Waals surface area contributed by atoms with Gasteiger partial charge in [-0.05, 0) is 19.9 Å². The minimum atomic E-state index is -0.359. The molecule has 20 heavy (non-hydrogen) atoms. The molecular formula is C15H14N2O3. The number of rotatable bonds is 3. The molecule has 0 aliphatic heterocycles. The van der Waals surface area contributed by atoms with Crippen molar-refractivity contribution in [1.82, 2.24) is 10.1 Å². The second kappa shape index (κ2) is 4.85. The van der Waals surface area contributed by atoms with Crippen LogP contribution < -0.4 is 0 Å². The van der Waals surface area contributed by atoms with Crippen LogP contribution in [-0.2, 0) is 11.3 Å². The first-order valence-corrected chi connectivity index (χ1v) is 6.32. The number of fused-ring (bicyclic) bond motifs is 1. The Morgan fingerprint density at radius 2 is 2.15 bits per heavy atom. The summed E-state index contributed by atoms with van der Waals surface area (Å²) in [7, 11) is 0. The van der Waals surface area contributed by atoms with Gasteiger partial charge in [-0.2, -0.15) is 0 Å². The third-order valence-corrected chi connectivity index (χ3v) is 3.34. The molecule has 0 fully saturated rings. The van der Waals surface area contributed by atoms with Crippen LogP contribution in [0, 0.1) is 13.8 Å². The monoisotopic (exact) mass is 270 g/mol. The van der Waals surface area contributed by atoms with Crippen LogP contribution in [-0.4, -0.2) is 16.1 Å². The molecule has 0 saturated heterocycles. The van der Waals surface area contributed by atoms with Gasteiger partial charge >= 0.3 is 5.97 Å². The van der Waals surface area contributed by atoms with Crippen LogP contribution in [0.25, 0.3) is 10.9 Å². The maximum atomic E-state index is 12.1. The lowest BCUT2D eigenvalue weighted by molar-refractivity contribution is 0.0473. The van der Waals surface area contributed by atoms with Crippen LogP contribution in [0.2, 0.25) is 0 Å². The Hall–Kier alpha value is -2.56. The number of carbonyl (C=O) groups excluding carboxylic acids is 1. The first-order chi connectivity index (χ1) is 9.66. The lowest BCUT2D eigenvalue weighted by Gasteiger charge is -2.03. The van der Waals surface area contributed by atoms with Gasteiger partial charge in [-0.25, -0.2) is 4.79 Å². The number of benzene rings is 1. The highest BCUT2D eigenvalue weighted by molar-refractivity contribution is 6.03. The second-order valence-electron chi connectivity index (χ2n) is 4.63. The summed E-state index contributed by atoms with van der Waals surface area (Å²) in [5.41, 5.74) is 3.01. The molecule has 3 aromatic rings. The number of carbonyl (C=O) groups is 1. The van der Waals surface area contributed by atoms with Crippen LogP contribution in [0.4, 0.5) is 0 Å². The number of hydrogen-bond donors (Lipinski definition) is 1. The highest BCUT2D eigenvalue weighted by Crippen LogP contribution is 2.20. The second-order valence-corrected chi connectivity index (χ2v) is 4.63. The summed E-state index contributed by atoms with van der Waals surface area (Å²) in [5.74, 6) is 0.316. The third kappa shape index (κ3) is 2.07. The summed E-state index contributed by atoms with van der Waals surface area (Å²) < 4.78 is 10.4. The molecule has 1 N–H and O–H groups in total. The average Bonchev–Trinajstić information content (AvgIpc) is 3.01. The maximum Gasteiger partial charge on any atom is 0.340 e. The summed E-state index contributed by atoms with van der Waals surface area (Å²) in [6, 6.07) is 7.61. The zero-order valence-electron chi connectivity index (χ0n) is 11.3. The highest BCUT2D eigenvalue weighted by Gasteiger charge is 2.16. The van der Waals surface area contributed by atoms with Crippen LogP contribution in [0.5, 0.6) is 0 Å². The molecule has 1 aromatic carbocycles. The van der Waals surface area contributed by atoms with Gasteiger partial charge < -0.3 is 14.2 Å². The van der Waals surface area contributed by atoms with Crippen molar-refractivity contribution in [2.24, 2.45) is 0 Å². The van der Waals surface area contributed by atoms with Gasteiger partial charge in [0.05, 0.1) is 16.8 Å². The van der Waals surface area contributed by atoms with Crippen molar-refractivity contribution in [1.29, 1.82) is 0 Å².